The summed E-state index contributed by atoms with van der Waals surface area (Å²) >= 11 is 1.84. The third-order valence-corrected chi connectivity index (χ3v) is 3.80. The molecule has 0 bridgehead atoms. The Kier molecular flexibility index (Phi) is 7.40. The molecule has 0 radical (unpaired) electrons. The van der Waals surface area contributed by atoms with Crippen LogP contribution in [0.5, 0.6) is 0 Å². The van der Waals surface area contributed by atoms with Crippen LogP contribution in [0.1, 0.15) is 31.9 Å². The molecule has 1 aromatic carbocycles. The predicted octanol–water partition coefficient (Wildman–Crippen LogP) is 3.09. The smallest absolute Gasteiger partial charge is 0.0575 e. The second kappa shape index (κ2) is 8.57. The van der Waals surface area contributed by atoms with Crippen molar-refractivity contribution in [2.45, 2.75) is 32.4 Å². The van der Waals surface area contributed by atoms with E-state index in [0.717, 1.165) is 18.7 Å². The van der Waals surface area contributed by atoms with E-state index in [1.165, 1.54) is 5.56 Å². The van der Waals surface area contributed by atoms with Gasteiger partial charge in [0.1, 0.15) is 0 Å². The van der Waals surface area contributed by atoms with Crippen molar-refractivity contribution in [1.29, 1.82) is 0 Å². The molecule has 0 heterocycles. The van der Waals surface area contributed by atoms with Crippen LogP contribution in [-0.4, -0.2) is 29.8 Å². The Balaban J connectivity index is 2.44. The number of aliphatic hydroxyl groups is 1. The summed E-state index contributed by atoms with van der Waals surface area (Å²) in [6.45, 7) is 4.97. The summed E-state index contributed by atoms with van der Waals surface area (Å²) in [6.07, 6.45) is 2.74. The zero-order valence-electron chi connectivity index (χ0n) is 11.6. The average Bonchev–Trinajstić information content (AvgIpc) is 2.38. The number of hydrogen-bond donors (Lipinski definition) is 2. The van der Waals surface area contributed by atoms with E-state index in [4.69, 9.17) is 0 Å². The van der Waals surface area contributed by atoms with Crippen LogP contribution in [0.4, 0.5) is 0 Å². The number of hydrogen-bond acceptors (Lipinski definition) is 3. The van der Waals surface area contributed by atoms with Gasteiger partial charge in [-0.3, -0.25) is 0 Å². The Hall–Kier alpha value is -0.510. The third-order valence-electron chi connectivity index (χ3n) is 3.14. The summed E-state index contributed by atoms with van der Waals surface area (Å²) < 4.78 is 0. The highest BCUT2D eigenvalue weighted by Crippen LogP contribution is 2.17. The molecule has 2 atom stereocenters. The van der Waals surface area contributed by atoms with Gasteiger partial charge in [0, 0.05) is 11.8 Å². The second-order valence-electron chi connectivity index (χ2n) is 4.97. The summed E-state index contributed by atoms with van der Waals surface area (Å²) in [5.74, 6) is 1.39. The minimum atomic E-state index is -0.205. The SMILES string of the molecule is CSCC(NCCC(O)C(C)C)c1ccccc1. The third kappa shape index (κ3) is 5.42. The number of thioether (sulfide) groups is 1. The summed E-state index contributed by atoms with van der Waals surface area (Å²) in [5.41, 5.74) is 1.32. The largest absolute Gasteiger partial charge is 0.393 e. The van der Waals surface area contributed by atoms with Crippen molar-refractivity contribution in [1.82, 2.24) is 5.32 Å². The van der Waals surface area contributed by atoms with Crippen LogP contribution in [0.2, 0.25) is 0 Å². The van der Waals surface area contributed by atoms with Crippen molar-refractivity contribution < 1.29 is 5.11 Å². The monoisotopic (exact) mass is 267 g/mol. The van der Waals surface area contributed by atoms with Gasteiger partial charge < -0.3 is 10.4 Å². The van der Waals surface area contributed by atoms with E-state index in [2.05, 4.69) is 49.7 Å². The zero-order chi connectivity index (χ0) is 13.4. The lowest BCUT2D eigenvalue weighted by Gasteiger charge is -2.20. The van der Waals surface area contributed by atoms with Crippen molar-refractivity contribution in [2.24, 2.45) is 5.92 Å². The first-order valence-corrected chi connectivity index (χ1v) is 8.00. The highest BCUT2D eigenvalue weighted by atomic mass is 32.2. The molecule has 2 N–H and O–H groups in total. The van der Waals surface area contributed by atoms with Crippen LogP contribution in [0.25, 0.3) is 0 Å². The molecule has 0 fully saturated rings. The summed E-state index contributed by atoms with van der Waals surface area (Å²) in [6, 6.07) is 10.9. The highest BCUT2D eigenvalue weighted by molar-refractivity contribution is 7.98. The molecule has 2 unspecified atom stereocenters. The highest BCUT2D eigenvalue weighted by Gasteiger charge is 2.12. The Morgan fingerprint density at radius 1 is 1.22 bits per heavy atom. The molecule has 102 valence electrons. The number of aliphatic hydroxyl groups excluding tert-OH is 1. The minimum absolute atomic E-state index is 0.205. The van der Waals surface area contributed by atoms with Gasteiger partial charge in [-0.1, -0.05) is 44.2 Å². The summed E-state index contributed by atoms with van der Waals surface area (Å²) in [5, 5.41) is 13.3. The predicted molar refractivity (Wildman–Crippen MR) is 81.0 cm³/mol. The molecular weight excluding hydrogens is 242 g/mol. The molecular formula is C15H25NOS. The first-order valence-electron chi connectivity index (χ1n) is 6.60. The van der Waals surface area contributed by atoms with Crippen molar-refractivity contribution in [3.63, 3.8) is 0 Å². The fourth-order valence-electron chi connectivity index (χ4n) is 1.86. The zero-order valence-corrected chi connectivity index (χ0v) is 12.4. The topological polar surface area (TPSA) is 32.3 Å². The molecule has 0 aliphatic carbocycles. The Labute approximate surface area is 115 Å². The molecule has 0 aliphatic heterocycles. The molecule has 0 amide bonds. The lowest BCUT2D eigenvalue weighted by atomic mass is 10.0. The molecule has 0 spiro atoms. The number of benzene rings is 1. The van der Waals surface area contributed by atoms with E-state index in [9.17, 15) is 5.11 Å². The van der Waals surface area contributed by atoms with Crippen LogP contribution in [0.15, 0.2) is 30.3 Å². The number of nitrogens with one attached hydrogen (secondary N) is 1. The maximum absolute atomic E-state index is 9.79. The summed E-state index contributed by atoms with van der Waals surface area (Å²) in [7, 11) is 0. The van der Waals surface area contributed by atoms with Gasteiger partial charge in [0.05, 0.1) is 6.10 Å². The first-order chi connectivity index (χ1) is 8.65. The van der Waals surface area contributed by atoms with E-state index in [1.807, 2.05) is 17.8 Å². The van der Waals surface area contributed by atoms with Crippen molar-refractivity contribution in [3.8, 4) is 0 Å². The fourth-order valence-corrected chi connectivity index (χ4v) is 2.51. The van der Waals surface area contributed by atoms with E-state index in [-0.39, 0.29) is 6.10 Å². The van der Waals surface area contributed by atoms with Crippen molar-refractivity contribution in [2.75, 3.05) is 18.6 Å². The van der Waals surface area contributed by atoms with Crippen LogP contribution < -0.4 is 5.32 Å². The Morgan fingerprint density at radius 3 is 2.44 bits per heavy atom. The van der Waals surface area contributed by atoms with Gasteiger partial charge in [-0.05, 0) is 30.7 Å². The van der Waals surface area contributed by atoms with Gasteiger partial charge in [-0.15, -0.1) is 0 Å². The fraction of sp³-hybridized carbons (Fsp3) is 0.600. The molecule has 18 heavy (non-hydrogen) atoms. The molecule has 0 aliphatic rings. The van der Waals surface area contributed by atoms with Crippen LogP contribution in [0.3, 0.4) is 0 Å². The molecule has 1 rings (SSSR count). The molecule has 0 saturated heterocycles. The van der Waals surface area contributed by atoms with Crippen molar-refractivity contribution >= 4 is 11.8 Å². The van der Waals surface area contributed by atoms with Crippen molar-refractivity contribution in [3.05, 3.63) is 35.9 Å². The van der Waals surface area contributed by atoms with Crippen LogP contribution in [0, 0.1) is 5.92 Å². The molecule has 2 nitrogen and oxygen atoms in total. The van der Waals surface area contributed by atoms with E-state index in [0.29, 0.717) is 12.0 Å². The van der Waals surface area contributed by atoms with Gasteiger partial charge >= 0.3 is 0 Å². The normalized spacial score (nSPS) is 14.7. The lowest BCUT2D eigenvalue weighted by Crippen LogP contribution is -2.28. The van der Waals surface area contributed by atoms with Gasteiger partial charge in [-0.25, -0.2) is 0 Å². The van der Waals surface area contributed by atoms with Gasteiger partial charge in [0.15, 0.2) is 0 Å². The van der Waals surface area contributed by atoms with E-state index < -0.39 is 0 Å². The molecule has 0 saturated carbocycles. The standard InChI is InChI=1S/C15H25NOS/c1-12(2)15(17)9-10-16-14(11-18-3)13-7-5-4-6-8-13/h4-8,12,14-17H,9-11H2,1-3H3. The van der Waals surface area contributed by atoms with Gasteiger partial charge in [0.2, 0.25) is 0 Å². The second-order valence-corrected chi connectivity index (χ2v) is 5.88. The Bertz CT molecular complexity index is 316. The van der Waals surface area contributed by atoms with Crippen LogP contribution in [-0.2, 0) is 0 Å². The average molecular weight is 267 g/mol. The first kappa shape index (κ1) is 15.5. The van der Waals surface area contributed by atoms with Gasteiger partial charge in [-0.2, -0.15) is 11.8 Å². The number of rotatable bonds is 8. The van der Waals surface area contributed by atoms with E-state index in [1.54, 1.807) is 0 Å². The quantitative estimate of drug-likeness (QED) is 0.759. The molecule has 0 aromatic heterocycles. The van der Waals surface area contributed by atoms with Crippen LogP contribution >= 0.6 is 11.8 Å². The minimum Gasteiger partial charge on any atom is -0.393 e. The lowest BCUT2D eigenvalue weighted by molar-refractivity contribution is 0.115. The maximum atomic E-state index is 9.79. The summed E-state index contributed by atoms with van der Waals surface area (Å²) in [4.78, 5) is 0. The molecule has 3 heteroatoms. The maximum Gasteiger partial charge on any atom is 0.0575 e. The Morgan fingerprint density at radius 2 is 1.89 bits per heavy atom. The van der Waals surface area contributed by atoms with Gasteiger partial charge in [0.25, 0.3) is 0 Å². The molecule has 1 aromatic rings. The van der Waals surface area contributed by atoms with E-state index >= 15 is 0 Å².